The van der Waals surface area contributed by atoms with E-state index in [1.165, 1.54) is 12.8 Å². The highest BCUT2D eigenvalue weighted by atomic mass is 16.5. The topological polar surface area (TPSA) is 68.8 Å². The molecular weight excluding hydrogens is 218 g/mol. The van der Waals surface area contributed by atoms with Gasteiger partial charge in [0, 0.05) is 7.05 Å². The van der Waals surface area contributed by atoms with Crippen molar-refractivity contribution in [1.29, 1.82) is 0 Å². The van der Waals surface area contributed by atoms with E-state index < -0.39 is 0 Å². The molecule has 1 unspecified atom stereocenters. The minimum Gasteiger partial charge on any atom is -0.332 e. The number of imidazole rings is 1. The summed E-state index contributed by atoms with van der Waals surface area (Å²) in [5.74, 6) is 1.29. The van der Waals surface area contributed by atoms with E-state index in [9.17, 15) is 0 Å². The summed E-state index contributed by atoms with van der Waals surface area (Å²) in [5, 5.41) is 7.45. The predicted octanol–water partition coefficient (Wildman–Crippen LogP) is 1.28. The molecule has 90 valence electrons. The highest BCUT2D eigenvalue weighted by molar-refractivity contribution is 5.45. The predicted molar refractivity (Wildman–Crippen MR) is 61.1 cm³/mol. The van der Waals surface area contributed by atoms with Gasteiger partial charge in [-0.3, -0.25) is 0 Å². The Morgan fingerprint density at radius 2 is 2.41 bits per heavy atom. The van der Waals surface area contributed by atoms with E-state index in [-0.39, 0.29) is 6.04 Å². The maximum Gasteiger partial charge on any atom is 0.276 e. The first-order chi connectivity index (χ1) is 8.34. The lowest BCUT2D eigenvalue weighted by molar-refractivity contribution is 0.366. The Kier molecular flexibility index (Phi) is 2.64. The Hall–Kier alpha value is -1.69. The van der Waals surface area contributed by atoms with Gasteiger partial charge in [-0.25, -0.2) is 4.98 Å². The number of rotatable bonds is 2. The van der Waals surface area contributed by atoms with Gasteiger partial charge in [-0.1, -0.05) is 11.6 Å². The molecule has 0 spiro atoms. The normalized spacial score (nSPS) is 20.6. The van der Waals surface area contributed by atoms with Crippen LogP contribution in [0.2, 0.25) is 0 Å². The minimum absolute atomic E-state index is 0.231. The minimum atomic E-state index is 0.231. The highest BCUT2D eigenvalue weighted by Crippen LogP contribution is 2.23. The van der Waals surface area contributed by atoms with Crippen molar-refractivity contribution in [2.24, 2.45) is 7.05 Å². The van der Waals surface area contributed by atoms with Crippen LogP contribution in [0.3, 0.4) is 0 Å². The Morgan fingerprint density at radius 1 is 1.47 bits per heavy atom. The third-order valence-corrected chi connectivity index (χ3v) is 3.10. The van der Waals surface area contributed by atoms with Crippen LogP contribution in [-0.4, -0.2) is 26.2 Å². The third kappa shape index (κ3) is 1.95. The zero-order valence-corrected chi connectivity index (χ0v) is 9.76. The fraction of sp³-hybridized carbons (Fsp3) is 0.545. The van der Waals surface area contributed by atoms with Crippen LogP contribution in [0.4, 0.5) is 0 Å². The fourth-order valence-corrected chi connectivity index (χ4v) is 2.12. The van der Waals surface area contributed by atoms with Gasteiger partial charge in [0.15, 0.2) is 5.82 Å². The number of hydrogen-bond donors (Lipinski definition) is 1. The van der Waals surface area contributed by atoms with E-state index >= 15 is 0 Å². The van der Waals surface area contributed by atoms with Crippen molar-refractivity contribution in [2.45, 2.75) is 25.3 Å². The van der Waals surface area contributed by atoms with Crippen molar-refractivity contribution in [2.75, 3.05) is 6.54 Å². The summed E-state index contributed by atoms with van der Waals surface area (Å²) in [6.07, 6.45) is 6.96. The Bertz CT molecular complexity index is 497. The molecule has 6 heteroatoms. The van der Waals surface area contributed by atoms with Crippen LogP contribution in [0.1, 0.15) is 31.1 Å². The van der Waals surface area contributed by atoms with E-state index in [2.05, 4.69) is 20.4 Å². The quantitative estimate of drug-likeness (QED) is 0.846. The molecule has 2 aromatic heterocycles. The Labute approximate surface area is 99.0 Å². The van der Waals surface area contributed by atoms with Gasteiger partial charge in [-0.15, -0.1) is 0 Å². The molecule has 17 heavy (non-hydrogen) atoms. The molecule has 3 rings (SSSR count). The zero-order valence-electron chi connectivity index (χ0n) is 9.76. The first kappa shape index (κ1) is 10.5. The monoisotopic (exact) mass is 233 g/mol. The lowest BCUT2D eigenvalue weighted by Crippen LogP contribution is -2.27. The number of hydrogen-bond acceptors (Lipinski definition) is 5. The third-order valence-electron chi connectivity index (χ3n) is 3.10. The second-order valence-electron chi connectivity index (χ2n) is 4.35. The highest BCUT2D eigenvalue weighted by Gasteiger charge is 2.21. The van der Waals surface area contributed by atoms with Gasteiger partial charge in [0.2, 0.25) is 0 Å². The SMILES string of the molecule is Cn1cncc1-c1nc(C2CCCCN2)no1. The number of aromatic nitrogens is 4. The standard InChI is InChI=1S/C11H15N5O/c1-16-7-12-6-9(16)11-14-10(15-17-11)8-4-2-3-5-13-8/h6-8,13H,2-5H2,1H3. The summed E-state index contributed by atoms with van der Waals surface area (Å²) >= 11 is 0. The van der Waals surface area contributed by atoms with Crippen LogP contribution >= 0.6 is 0 Å². The molecule has 2 aromatic rings. The molecule has 1 saturated heterocycles. The first-order valence-corrected chi connectivity index (χ1v) is 5.88. The second kappa shape index (κ2) is 4.29. The lowest BCUT2D eigenvalue weighted by atomic mass is 10.0. The largest absolute Gasteiger partial charge is 0.332 e. The summed E-state index contributed by atoms with van der Waals surface area (Å²) in [6.45, 7) is 1.03. The van der Waals surface area contributed by atoms with Gasteiger partial charge in [-0.2, -0.15) is 4.98 Å². The van der Waals surface area contributed by atoms with Crippen LogP contribution in [0.5, 0.6) is 0 Å². The van der Waals surface area contributed by atoms with Gasteiger partial charge in [0.25, 0.3) is 5.89 Å². The molecule has 6 nitrogen and oxygen atoms in total. The summed E-state index contributed by atoms with van der Waals surface area (Å²) in [4.78, 5) is 8.48. The molecule has 0 saturated carbocycles. The van der Waals surface area contributed by atoms with Crippen molar-refractivity contribution in [3.05, 3.63) is 18.3 Å². The Balaban J connectivity index is 1.85. The molecule has 3 heterocycles. The van der Waals surface area contributed by atoms with Crippen LogP contribution in [0.25, 0.3) is 11.6 Å². The van der Waals surface area contributed by atoms with Gasteiger partial charge in [0.05, 0.1) is 18.6 Å². The van der Waals surface area contributed by atoms with Gasteiger partial charge in [-0.05, 0) is 19.4 Å². The van der Waals surface area contributed by atoms with Crippen molar-refractivity contribution >= 4 is 0 Å². The molecule has 0 aromatic carbocycles. The maximum absolute atomic E-state index is 5.28. The second-order valence-corrected chi connectivity index (χ2v) is 4.35. The molecule has 1 aliphatic heterocycles. The summed E-state index contributed by atoms with van der Waals surface area (Å²) in [5.41, 5.74) is 0.847. The smallest absolute Gasteiger partial charge is 0.276 e. The molecule has 1 atom stereocenters. The van der Waals surface area contributed by atoms with Crippen LogP contribution in [-0.2, 0) is 7.05 Å². The van der Waals surface area contributed by atoms with E-state index in [4.69, 9.17) is 4.52 Å². The number of aryl methyl sites for hydroxylation is 1. The average Bonchev–Trinajstić information content (AvgIpc) is 2.98. The molecule has 0 radical (unpaired) electrons. The van der Waals surface area contributed by atoms with E-state index in [1.54, 1.807) is 12.5 Å². The summed E-state index contributed by atoms with van der Waals surface area (Å²) < 4.78 is 7.15. The van der Waals surface area contributed by atoms with E-state index in [0.29, 0.717) is 5.89 Å². The van der Waals surface area contributed by atoms with Crippen molar-refractivity contribution in [1.82, 2.24) is 25.0 Å². The lowest BCUT2D eigenvalue weighted by Gasteiger charge is -2.19. The van der Waals surface area contributed by atoms with Gasteiger partial charge >= 0.3 is 0 Å². The molecule has 0 amide bonds. The van der Waals surface area contributed by atoms with Crippen LogP contribution in [0.15, 0.2) is 17.0 Å². The average molecular weight is 233 g/mol. The van der Waals surface area contributed by atoms with Gasteiger partial charge in [0.1, 0.15) is 5.69 Å². The molecule has 1 N–H and O–H groups in total. The molecule has 0 aliphatic carbocycles. The summed E-state index contributed by atoms with van der Waals surface area (Å²) in [7, 11) is 1.91. The maximum atomic E-state index is 5.28. The first-order valence-electron chi connectivity index (χ1n) is 5.88. The number of nitrogens with one attached hydrogen (secondary N) is 1. The van der Waals surface area contributed by atoms with Crippen molar-refractivity contribution < 1.29 is 4.52 Å². The van der Waals surface area contributed by atoms with E-state index in [0.717, 1.165) is 24.5 Å². The van der Waals surface area contributed by atoms with Crippen molar-refractivity contribution in [3.8, 4) is 11.6 Å². The van der Waals surface area contributed by atoms with Crippen LogP contribution < -0.4 is 5.32 Å². The zero-order chi connectivity index (χ0) is 11.7. The van der Waals surface area contributed by atoms with Crippen LogP contribution in [0, 0.1) is 0 Å². The van der Waals surface area contributed by atoms with Crippen molar-refractivity contribution in [3.63, 3.8) is 0 Å². The van der Waals surface area contributed by atoms with E-state index in [1.807, 2.05) is 11.6 Å². The number of piperidine rings is 1. The Morgan fingerprint density at radius 3 is 3.12 bits per heavy atom. The molecule has 1 fully saturated rings. The molecule has 0 bridgehead atoms. The summed E-state index contributed by atoms with van der Waals surface area (Å²) in [6, 6.07) is 0.231. The fourth-order valence-electron chi connectivity index (χ4n) is 2.12. The molecule has 1 aliphatic rings. The number of nitrogens with zero attached hydrogens (tertiary/aromatic N) is 4. The molecular formula is C11H15N5O. The van der Waals surface area contributed by atoms with Gasteiger partial charge < -0.3 is 14.4 Å².